The highest BCUT2D eigenvalue weighted by Crippen LogP contribution is 2.32. The lowest BCUT2D eigenvalue weighted by Crippen LogP contribution is -2.18. The quantitative estimate of drug-likeness (QED) is 0.910. The van der Waals surface area contributed by atoms with Gasteiger partial charge in [0.15, 0.2) is 0 Å². The maximum Gasteiger partial charge on any atom is 0.573 e. The van der Waals surface area contributed by atoms with Crippen molar-refractivity contribution in [1.29, 1.82) is 0 Å². The molecule has 0 aromatic heterocycles. The molecule has 0 aliphatic rings. The second-order valence-corrected chi connectivity index (χ2v) is 4.66. The molecule has 0 unspecified atom stereocenters. The largest absolute Gasteiger partial charge is 0.573 e. The molecule has 0 fully saturated rings. The molecule has 0 aliphatic carbocycles. The van der Waals surface area contributed by atoms with Crippen LogP contribution in [-0.4, -0.2) is 18.6 Å². The summed E-state index contributed by atoms with van der Waals surface area (Å²) in [4.78, 5) is 0. The molecule has 0 amide bonds. The maximum absolute atomic E-state index is 12.5. The predicted octanol–water partition coefficient (Wildman–Crippen LogP) is 3.89. The molecule has 2 aromatic carbocycles. The summed E-state index contributed by atoms with van der Waals surface area (Å²) in [6.07, 6.45) is -4.77. The molecule has 0 atom stereocenters. The molecule has 118 valence electrons. The van der Waals surface area contributed by atoms with Gasteiger partial charge in [0.2, 0.25) is 0 Å². The van der Waals surface area contributed by atoms with Gasteiger partial charge in [-0.25, -0.2) is 0 Å². The summed E-state index contributed by atoms with van der Waals surface area (Å²) in [5.41, 5.74) is 2.25. The van der Waals surface area contributed by atoms with E-state index in [9.17, 15) is 13.2 Å². The van der Waals surface area contributed by atoms with Gasteiger partial charge in [-0.2, -0.15) is 0 Å². The van der Waals surface area contributed by atoms with Crippen LogP contribution in [-0.2, 0) is 18.0 Å². The lowest BCUT2D eigenvalue weighted by atomic mass is 10.0. The SMILES string of the molecule is COCc1ccc(-c2cccc(CO)c2)cc1OC(F)(F)F. The van der Waals surface area contributed by atoms with Crippen LogP contribution in [0.2, 0.25) is 0 Å². The first-order valence-electron chi connectivity index (χ1n) is 6.50. The number of aliphatic hydroxyl groups is 1. The number of halogens is 3. The first-order valence-corrected chi connectivity index (χ1v) is 6.50. The van der Waals surface area contributed by atoms with Crippen LogP contribution in [0.5, 0.6) is 5.75 Å². The van der Waals surface area contributed by atoms with E-state index in [1.54, 1.807) is 30.3 Å². The number of alkyl halides is 3. The molecule has 22 heavy (non-hydrogen) atoms. The molecule has 3 nitrogen and oxygen atoms in total. The van der Waals surface area contributed by atoms with E-state index in [1.165, 1.54) is 19.2 Å². The summed E-state index contributed by atoms with van der Waals surface area (Å²) in [5, 5.41) is 9.14. The lowest BCUT2D eigenvalue weighted by Gasteiger charge is -2.14. The molecule has 0 saturated carbocycles. The zero-order valence-corrected chi connectivity index (χ0v) is 11.9. The summed E-state index contributed by atoms with van der Waals surface area (Å²) < 4.78 is 46.5. The first kappa shape index (κ1) is 16.3. The van der Waals surface area contributed by atoms with E-state index in [1.807, 2.05) is 0 Å². The van der Waals surface area contributed by atoms with Gasteiger partial charge in [-0.1, -0.05) is 30.3 Å². The van der Waals surface area contributed by atoms with Gasteiger partial charge in [0.1, 0.15) is 5.75 Å². The number of ether oxygens (including phenoxy) is 2. The van der Waals surface area contributed by atoms with Gasteiger partial charge in [-0.05, 0) is 28.8 Å². The topological polar surface area (TPSA) is 38.7 Å². The molecule has 0 aliphatic heterocycles. The van der Waals surface area contributed by atoms with Gasteiger partial charge in [-0.3, -0.25) is 0 Å². The molecule has 6 heteroatoms. The molecular formula is C16H15F3O3. The van der Waals surface area contributed by atoms with Gasteiger partial charge in [0.25, 0.3) is 0 Å². The summed E-state index contributed by atoms with van der Waals surface area (Å²) in [6, 6.07) is 11.5. The number of rotatable bonds is 5. The van der Waals surface area contributed by atoms with Crippen molar-refractivity contribution in [1.82, 2.24) is 0 Å². The van der Waals surface area contributed by atoms with Crippen molar-refractivity contribution in [3.63, 3.8) is 0 Å². The Hall–Kier alpha value is -2.05. The summed E-state index contributed by atoms with van der Waals surface area (Å²) in [6.45, 7) is -0.121. The van der Waals surface area contributed by atoms with Crippen LogP contribution in [0.3, 0.4) is 0 Å². The van der Waals surface area contributed by atoms with E-state index in [2.05, 4.69) is 4.74 Å². The van der Waals surface area contributed by atoms with Crippen LogP contribution in [0.15, 0.2) is 42.5 Å². The number of benzene rings is 2. The summed E-state index contributed by atoms with van der Waals surface area (Å²) in [7, 11) is 1.40. The molecule has 0 spiro atoms. The fraction of sp³-hybridized carbons (Fsp3) is 0.250. The van der Waals surface area contributed by atoms with Crippen molar-refractivity contribution in [2.45, 2.75) is 19.6 Å². The average Bonchev–Trinajstić information content (AvgIpc) is 2.48. The third kappa shape index (κ3) is 4.22. The van der Waals surface area contributed by atoms with E-state index in [4.69, 9.17) is 9.84 Å². The van der Waals surface area contributed by atoms with E-state index >= 15 is 0 Å². The van der Waals surface area contributed by atoms with Crippen LogP contribution >= 0.6 is 0 Å². The molecular weight excluding hydrogens is 297 g/mol. The summed E-state index contributed by atoms with van der Waals surface area (Å²) >= 11 is 0. The van der Waals surface area contributed by atoms with Crippen LogP contribution in [0.25, 0.3) is 11.1 Å². The van der Waals surface area contributed by atoms with Gasteiger partial charge >= 0.3 is 6.36 Å². The van der Waals surface area contributed by atoms with Crippen molar-refractivity contribution in [2.24, 2.45) is 0 Å². The van der Waals surface area contributed by atoms with Crippen molar-refractivity contribution in [3.8, 4) is 16.9 Å². The zero-order valence-electron chi connectivity index (χ0n) is 11.9. The van der Waals surface area contributed by atoms with E-state index in [0.29, 0.717) is 22.3 Å². The Morgan fingerprint density at radius 3 is 2.41 bits per heavy atom. The third-order valence-electron chi connectivity index (χ3n) is 3.04. The Kier molecular flexibility index (Phi) is 5.05. The highest BCUT2D eigenvalue weighted by atomic mass is 19.4. The fourth-order valence-corrected chi connectivity index (χ4v) is 2.08. The van der Waals surface area contributed by atoms with E-state index < -0.39 is 6.36 Å². The van der Waals surface area contributed by atoms with E-state index in [0.717, 1.165) is 0 Å². The highest BCUT2D eigenvalue weighted by Gasteiger charge is 2.32. The second-order valence-electron chi connectivity index (χ2n) is 4.66. The second kappa shape index (κ2) is 6.81. The standard InChI is InChI=1S/C16H15F3O3/c1-21-10-14-6-5-13(8-15(14)22-16(17,18)19)12-4-2-3-11(7-12)9-20/h2-8,20H,9-10H2,1H3. The first-order chi connectivity index (χ1) is 10.4. The molecule has 1 N–H and O–H groups in total. The number of aliphatic hydroxyl groups excluding tert-OH is 1. The van der Waals surface area contributed by atoms with Crippen LogP contribution in [0, 0.1) is 0 Å². The van der Waals surface area contributed by atoms with Crippen molar-refractivity contribution >= 4 is 0 Å². The monoisotopic (exact) mass is 312 g/mol. The molecule has 0 saturated heterocycles. The normalized spacial score (nSPS) is 11.5. The lowest BCUT2D eigenvalue weighted by molar-refractivity contribution is -0.275. The van der Waals surface area contributed by atoms with Gasteiger partial charge in [0, 0.05) is 12.7 Å². The Morgan fingerprint density at radius 1 is 1.05 bits per heavy atom. The minimum atomic E-state index is -4.77. The fourth-order valence-electron chi connectivity index (χ4n) is 2.08. The van der Waals surface area contributed by atoms with Gasteiger partial charge < -0.3 is 14.6 Å². The molecule has 0 heterocycles. The molecule has 0 bridgehead atoms. The predicted molar refractivity (Wildman–Crippen MR) is 75.2 cm³/mol. The van der Waals surface area contributed by atoms with Gasteiger partial charge in [-0.15, -0.1) is 13.2 Å². The minimum absolute atomic E-state index is 0.0162. The number of hydrogen-bond acceptors (Lipinski definition) is 3. The molecule has 2 rings (SSSR count). The minimum Gasteiger partial charge on any atom is -0.405 e. The Morgan fingerprint density at radius 2 is 1.77 bits per heavy atom. The van der Waals surface area contributed by atoms with Crippen molar-refractivity contribution in [2.75, 3.05) is 7.11 Å². The highest BCUT2D eigenvalue weighted by molar-refractivity contribution is 5.66. The van der Waals surface area contributed by atoms with Crippen molar-refractivity contribution < 1.29 is 27.8 Å². The smallest absolute Gasteiger partial charge is 0.405 e. The number of methoxy groups -OCH3 is 1. The molecule has 0 radical (unpaired) electrons. The Balaban J connectivity index is 2.42. The van der Waals surface area contributed by atoms with Crippen molar-refractivity contribution in [3.05, 3.63) is 53.6 Å². The molecule has 2 aromatic rings. The summed E-state index contributed by atoms with van der Waals surface area (Å²) in [5.74, 6) is -0.291. The van der Waals surface area contributed by atoms with E-state index in [-0.39, 0.29) is 19.0 Å². The Labute approximate surface area is 125 Å². The number of hydrogen-bond donors (Lipinski definition) is 1. The van der Waals surface area contributed by atoms with Crippen LogP contribution in [0.1, 0.15) is 11.1 Å². The third-order valence-corrected chi connectivity index (χ3v) is 3.04. The van der Waals surface area contributed by atoms with Crippen LogP contribution in [0.4, 0.5) is 13.2 Å². The maximum atomic E-state index is 12.5. The average molecular weight is 312 g/mol. The van der Waals surface area contributed by atoms with Gasteiger partial charge in [0.05, 0.1) is 13.2 Å². The Bertz CT molecular complexity index is 639. The van der Waals surface area contributed by atoms with Crippen LogP contribution < -0.4 is 4.74 Å². The zero-order chi connectivity index (χ0) is 16.2.